The van der Waals surface area contributed by atoms with E-state index in [1.807, 2.05) is 25.1 Å². The molecule has 1 aromatic rings. The molecule has 0 saturated carbocycles. The van der Waals surface area contributed by atoms with Crippen LogP contribution in [0.25, 0.3) is 0 Å². The van der Waals surface area contributed by atoms with Crippen LogP contribution in [0.5, 0.6) is 5.75 Å². The number of amides is 1. The summed E-state index contributed by atoms with van der Waals surface area (Å²) in [6, 6.07) is 5.08. The van der Waals surface area contributed by atoms with E-state index in [0.717, 1.165) is 10.0 Å². The van der Waals surface area contributed by atoms with Crippen LogP contribution in [0.1, 0.15) is 18.5 Å². The van der Waals surface area contributed by atoms with E-state index in [4.69, 9.17) is 4.74 Å². The molecule has 0 aromatic heterocycles. The van der Waals surface area contributed by atoms with Crippen LogP contribution in [-0.4, -0.2) is 25.5 Å². The third-order valence-electron chi connectivity index (χ3n) is 2.62. The van der Waals surface area contributed by atoms with Gasteiger partial charge in [-0.05, 0) is 25.1 Å². The number of carbonyl (C=O) groups excluding carboxylic acids is 1. The minimum atomic E-state index is -0.445. The van der Waals surface area contributed by atoms with Crippen molar-refractivity contribution in [1.82, 2.24) is 10.6 Å². The zero-order valence-electron chi connectivity index (χ0n) is 10.2. The van der Waals surface area contributed by atoms with Gasteiger partial charge >= 0.3 is 0 Å². The van der Waals surface area contributed by atoms with Crippen LogP contribution >= 0.6 is 15.9 Å². The van der Waals surface area contributed by atoms with Crippen LogP contribution in [0.4, 0.5) is 0 Å². The number of aliphatic imine (C=N–C) groups is 1. The van der Waals surface area contributed by atoms with Gasteiger partial charge < -0.3 is 10.1 Å². The van der Waals surface area contributed by atoms with Crippen molar-refractivity contribution in [3.63, 3.8) is 0 Å². The maximum Gasteiger partial charge on any atom is 0.253 e. The van der Waals surface area contributed by atoms with E-state index in [-0.39, 0.29) is 5.91 Å². The van der Waals surface area contributed by atoms with Gasteiger partial charge in [-0.3, -0.25) is 15.1 Å². The minimum absolute atomic E-state index is 0.115. The number of nitrogens with zero attached hydrogens (tertiary/aromatic N) is 1. The molecule has 6 heteroatoms. The number of rotatable bonds is 3. The van der Waals surface area contributed by atoms with Crippen molar-refractivity contribution in [1.29, 1.82) is 0 Å². The third-order valence-corrected chi connectivity index (χ3v) is 3.34. The number of halogens is 1. The highest BCUT2D eigenvalue weighted by Crippen LogP contribution is 2.29. The second kappa shape index (κ2) is 5.39. The summed E-state index contributed by atoms with van der Waals surface area (Å²) in [5.41, 5.74) is 0.827. The highest BCUT2D eigenvalue weighted by Gasteiger charge is 2.31. The van der Waals surface area contributed by atoms with Crippen molar-refractivity contribution < 1.29 is 9.53 Å². The Kier molecular flexibility index (Phi) is 3.86. The molecule has 1 unspecified atom stereocenters. The Bertz CT molecular complexity index is 502. The lowest BCUT2D eigenvalue weighted by Gasteiger charge is -2.12. The molecular weight excluding hydrogens is 298 g/mol. The maximum atomic E-state index is 11.9. The van der Waals surface area contributed by atoms with E-state index in [9.17, 15) is 4.79 Å². The number of methoxy groups -OCH3 is 1. The van der Waals surface area contributed by atoms with Gasteiger partial charge in [0.1, 0.15) is 11.8 Å². The Morgan fingerprint density at radius 2 is 2.28 bits per heavy atom. The molecule has 0 radical (unpaired) electrons. The Balaban J connectivity index is 2.32. The molecule has 1 amide bonds. The van der Waals surface area contributed by atoms with Crippen molar-refractivity contribution in [3.05, 3.63) is 28.2 Å². The molecular formula is C12H14BrN3O2. The lowest BCUT2D eigenvalue weighted by Crippen LogP contribution is -2.25. The van der Waals surface area contributed by atoms with Crippen molar-refractivity contribution >= 4 is 27.8 Å². The van der Waals surface area contributed by atoms with Gasteiger partial charge in [0.2, 0.25) is 0 Å². The first-order valence-corrected chi connectivity index (χ1v) is 6.40. The topological polar surface area (TPSA) is 62.7 Å². The van der Waals surface area contributed by atoms with Crippen molar-refractivity contribution in [2.24, 2.45) is 4.99 Å². The molecule has 1 aromatic carbocycles. The second-order valence-electron chi connectivity index (χ2n) is 3.78. The summed E-state index contributed by atoms with van der Waals surface area (Å²) in [5.74, 6) is 1.11. The summed E-state index contributed by atoms with van der Waals surface area (Å²) >= 11 is 3.44. The van der Waals surface area contributed by atoms with Gasteiger partial charge in [-0.2, -0.15) is 0 Å². The molecule has 96 valence electrons. The SMILES string of the molecule is CCN=C1NC(=O)C(c2cc(OC)ccc2Br)N1. The molecule has 1 heterocycles. The monoisotopic (exact) mass is 311 g/mol. The van der Waals surface area contributed by atoms with Crippen LogP contribution in [0.2, 0.25) is 0 Å². The van der Waals surface area contributed by atoms with E-state index in [1.54, 1.807) is 7.11 Å². The zero-order valence-corrected chi connectivity index (χ0v) is 11.7. The van der Waals surface area contributed by atoms with Crippen LogP contribution < -0.4 is 15.4 Å². The van der Waals surface area contributed by atoms with Gasteiger partial charge in [-0.25, -0.2) is 0 Å². The predicted molar refractivity (Wildman–Crippen MR) is 72.7 cm³/mol. The summed E-state index contributed by atoms with van der Waals surface area (Å²) in [6.07, 6.45) is 0. The fraction of sp³-hybridized carbons (Fsp3) is 0.333. The molecule has 0 bridgehead atoms. The highest BCUT2D eigenvalue weighted by molar-refractivity contribution is 9.10. The number of guanidine groups is 1. The summed E-state index contributed by atoms with van der Waals surface area (Å²) in [4.78, 5) is 16.0. The lowest BCUT2D eigenvalue weighted by molar-refractivity contribution is -0.120. The number of nitrogens with one attached hydrogen (secondary N) is 2. The number of hydrogen-bond donors (Lipinski definition) is 2. The van der Waals surface area contributed by atoms with Gasteiger partial charge in [-0.15, -0.1) is 0 Å². The molecule has 5 nitrogen and oxygen atoms in total. The maximum absolute atomic E-state index is 11.9. The molecule has 2 rings (SSSR count). The average molecular weight is 312 g/mol. The van der Waals surface area contributed by atoms with Crippen LogP contribution in [0.15, 0.2) is 27.7 Å². The van der Waals surface area contributed by atoms with Crippen molar-refractivity contribution in [3.8, 4) is 5.75 Å². The van der Waals surface area contributed by atoms with Gasteiger partial charge in [0.15, 0.2) is 5.96 Å². The average Bonchev–Trinajstić information content (AvgIpc) is 2.71. The normalized spacial score (nSPS) is 20.7. The lowest BCUT2D eigenvalue weighted by atomic mass is 10.1. The fourth-order valence-corrected chi connectivity index (χ4v) is 2.24. The number of ether oxygens (including phenoxy) is 1. The third kappa shape index (κ3) is 2.48. The first-order valence-electron chi connectivity index (χ1n) is 5.61. The van der Waals surface area contributed by atoms with E-state index in [2.05, 4.69) is 31.6 Å². The molecule has 1 aliphatic heterocycles. The standard InChI is InChI=1S/C12H14BrN3O2/c1-3-14-12-15-10(11(17)16-12)8-6-7(18-2)4-5-9(8)13/h4-6,10H,3H2,1-2H3,(H2,14,15,16,17). The summed E-state index contributed by atoms with van der Waals surface area (Å²) in [6.45, 7) is 2.53. The molecule has 0 aliphatic carbocycles. The molecule has 18 heavy (non-hydrogen) atoms. The van der Waals surface area contributed by atoms with Crippen LogP contribution in [-0.2, 0) is 4.79 Å². The summed E-state index contributed by atoms with van der Waals surface area (Å²) in [5, 5.41) is 5.76. The smallest absolute Gasteiger partial charge is 0.253 e. The zero-order chi connectivity index (χ0) is 13.1. The quantitative estimate of drug-likeness (QED) is 0.891. The second-order valence-corrected chi connectivity index (χ2v) is 4.63. The highest BCUT2D eigenvalue weighted by atomic mass is 79.9. The molecule has 1 saturated heterocycles. The number of carbonyl (C=O) groups is 1. The fourth-order valence-electron chi connectivity index (χ4n) is 1.76. The van der Waals surface area contributed by atoms with Crippen molar-refractivity contribution in [2.75, 3.05) is 13.7 Å². The van der Waals surface area contributed by atoms with Crippen molar-refractivity contribution in [2.45, 2.75) is 13.0 Å². The van der Waals surface area contributed by atoms with Crippen LogP contribution in [0.3, 0.4) is 0 Å². The van der Waals surface area contributed by atoms with Gasteiger partial charge in [0.05, 0.1) is 7.11 Å². The Morgan fingerprint density at radius 3 is 2.94 bits per heavy atom. The minimum Gasteiger partial charge on any atom is -0.497 e. The first kappa shape index (κ1) is 12.9. The Morgan fingerprint density at radius 1 is 1.50 bits per heavy atom. The van der Waals surface area contributed by atoms with Gasteiger partial charge in [-0.1, -0.05) is 15.9 Å². The molecule has 1 aliphatic rings. The van der Waals surface area contributed by atoms with E-state index in [0.29, 0.717) is 18.3 Å². The Labute approximate surface area is 114 Å². The molecule has 0 spiro atoms. The molecule has 2 N–H and O–H groups in total. The van der Waals surface area contributed by atoms with Gasteiger partial charge in [0, 0.05) is 16.6 Å². The van der Waals surface area contributed by atoms with E-state index in [1.165, 1.54) is 0 Å². The van der Waals surface area contributed by atoms with E-state index >= 15 is 0 Å². The largest absolute Gasteiger partial charge is 0.497 e. The van der Waals surface area contributed by atoms with E-state index < -0.39 is 6.04 Å². The number of benzene rings is 1. The first-order chi connectivity index (χ1) is 8.65. The molecule has 1 atom stereocenters. The molecule has 1 fully saturated rings. The Hall–Kier alpha value is -1.56. The number of hydrogen-bond acceptors (Lipinski definition) is 3. The predicted octanol–water partition coefficient (Wildman–Crippen LogP) is 1.59. The van der Waals surface area contributed by atoms with Crippen LogP contribution in [0, 0.1) is 0 Å². The summed E-state index contributed by atoms with van der Waals surface area (Å²) in [7, 11) is 1.60. The van der Waals surface area contributed by atoms with Gasteiger partial charge in [0.25, 0.3) is 5.91 Å². The summed E-state index contributed by atoms with van der Waals surface area (Å²) < 4.78 is 6.02.